The Morgan fingerprint density at radius 1 is 1.28 bits per heavy atom. The van der Waals surface area contributed by atoms with Gasteiger partial charge in [-0.1, -0.05) is 17.7 Å². The van der Waals surface area contributed by atoms with E-state index in [0.29, 0.717) is 5.82 Å². The average molecular weight is 267 g/mol. The number of aromatic nitrogens is 3. The minimum atomic E-state index is -3.75. The molecule has 0 aliphatic heterocycles. The predicted molar refractivity (Wildman–Crippen MR) is 64.2 cm³/mol. The monoisotopic (exact) mass is 267 g/mol. The van der Waals surface area contributed by atoms with Crippen molar-refractivity contribution in [1.82, 2.24) is 14.8 Å². The van der Waals surface area contributed by atoms with Crippen molar-refractivity contribution in [2.45, 2.75) is 18.4 Å². The summed E-state index contributed by atoms with van der Waals surface area (Å²) in [5.74, 6) is 0.450. The number of rotatable bonds is 4. The van der Waals surface area contributed by atoms with Gasteiger partial charge in [-0.3, -0.25) is 4.18 Å². The van der Waals surface area contributed by atoms with Crippen molar-refractivity contribution in [1.29, 1.82) is 0 Å². The van der Waals surface area contributed by atoms with Gasteiger partial charge in [0.25, 0.3) is 10.1 Å². The van der Waals surface area contributed by atoms with Gasteiger partial charge in [0.1, 0.15) is 12.9 Å². The van der Waals surface area contributed by atoms with E-state index in [9.17, 15) is 8.42 Å². The predicted octanol–water partition coefficient (Wildman–Crippen LogP) is 1.03. The summed E-state index contributed by atoms with van der Waals surface area (Å²) >= 11 is 0. The standard InChI is InChI=1S/C11H13N3O3S/c1-9-3-5-10(6-4-9)18(15,16)17-7-11-13-12-8-14(11)2/h3-6,8H,7H2,1-2H3. The summed E-state index contributed by atoms with van der Waals surface area (Å²) in [7, 11) is -2.03. The van der Waals surface area contributed by atoms with Crippen LogP contribution in [0.25, 0.3) is 0 Å². The molecule has 0 atom stereocenters. The molecule has 2 aromatic rings. The van der Waals surface area contributed by atoms with Crippen molar-refractivity contribution in [3.8, 4) is 0 Å². The zero-order valence-corrected chi connectivity index (χ0v) is 10.9. The first kappa shape index (κ1) is 12.7. The lowest BCUT2D eigenvalue weighted by atomic mass is 10.2. The minimum absolute atomic E-state index is 0.132. The Hall–Kier alpha value is -1.73. The minimum Gasteiger partial charge on any atom is -0.319 e. The Morgan fingerprint density at radius 2 is 1.94 bits per heavy atom. The fourth-order valence-electron chi connectivity index (χ4n) is 1.34. The first-order valence-electron chi connectivity index (χ1n) is 5.28. The molecule has 0 saturated carbocycles. The molecule has 0 fully saturated rings. The van der Waals surface area contributed by atoms with Crippen molar-refractivity contribution in [2.75, 3.05) is 0 Å². The highest BCUT2D eigenvalue weighted by atomic mass is 32.2. The summed E-state index contributed by atoms with van der Waals surface area (Å²) in [6.07, 6.45) is 1.48. The first-order chi connectivity index (χ1) is 8.49. The Morgan fingerprint density at radius 3 is 2.50 bits per heavy atom. The molecule has 0 aliphatic carbocycles. The smallest absolute Gasteiger partial charge is 0.297 e. The van der Waals surface area contributed by atoms with E-state index in [2.05, 4.69) is 10.2 Å². The lowest BCUT2D eigenvalue weighted by Gasteiger charge is -2.05. The quantitative estimate of drug-likeness (QED) is 0.773. The highest BCUT2D eigenvalue weighted by Gasteiger charge is 2.16. The number of benzene rings is 1. The van der Waals surface area contributed by atoms with Gasteiger partial charge < -0.3 is 4.57 Å². The van der Waals surface area contributed by atoms with Crippen molar-refractivity contribution >= 4 is 10.1 Å². The summed E-state index contributed by atoms with van der Waals surface area (Å²) in [5.41, 5.74) is 0.988. The van der Waals surface area contributed by atoms with Crippen LogP contribution in [0, 0.1) is 6.92 Å². The second kappa shape index (κ2) is 4.87. The van der Waals surface area contributed by atoms with E-state index in [-0.39, 0.29) is 11.5 Å². The lowest BCUT2D eigenvalue weighted by Crippen LogP contribution is -2.09. The van der Waals surface area contributed by atoms with E-state index >= 15 is 0 Å². The fourth-order valence-corrected chi connectivity index (χ4v) is 2.21. The SMILES string of the molecule is Cc1ccc(S(=O)(=O)OCc2nncn2C)cc1. The molecule has 2 rings (SSSR count). The molecule has 0 aliphatic rings. The lowest BCUT2D eigenvalue weighted by molar-refractivity contribution is 0.294. The molecule has 0 amide bonds. The van der Waals surface area contributed by atoms with Crippen LogP contribution < -0.4 is 0 Å². The second-order valence-corrected chi connectivity index (χ2v) is 5.50. The number of hydrogen-bond donors (Lipinski definition) is 0. The van der Waals surface area contributed by atoms with Gasteiger partial charge in [-0.25, -0.2) is 0 Å². The molecular formula is C11H13N3O3S. The van der Waals surface area contributed by atoms with Gasteiger partial charge in [-0.2, -0.15) is 8.42 Å². The van der Waals surface area contributed by atoms with Crippen molar-refractivity contribution in [3.05, 3.63) is 42.0 Å². The van der Waals surface area contributed by atoms with Crippen molar-refractivity contribution in [2.24, 2.45) is 7.05 Å². The van der Waals surface area contributed by atoms with E-state index in [4.69, 9.17) is 4.18 Å². The zero-order valence-electron chi connectivity index (χ0n) is 10.1. The zero-order chi connectivity index (χ0) is 13.2. The molecule has 96 valence electrons. The van der Waals surface area contributed by atoms with Crippen LogP contribution in [-0.2, 0) is 28.0 Å². The number of nitrogens with zero attached hydrogens (tertiary/aromatic N) is 3. The third kappa shape index (κ3) is 2.74. The summed E-state index contributed by atoms with van der Waals surface area (Å²) in [4.78, 5) is 0.135. The Labute approximate surface area is 105 Å². The van der Waals surface area contributed by atoms with Gasteiger partial charge in [0.2, 0.25) is 0 Å². The van der Waals surface area contributed by atoms with Crippen molar-refractivity contribution in [3.63, 3.8) is 0 Å². The van der Waals surface area contributed by atoms with Gasteiger partial charge in [0.15, 0.2) is 5.82 Å². The Bertz CT molecular complexity index is 632. The molecule has 0 N–H and O–H groups in total. The number of hydrogen-bond acceptors (Lipinski definition) is 5. The molecule has 1 aromatic carbocycles. The third-order valence-corrected chi connectivity index (χ3v) is 3.74. The highest BCUT2D eigenvalue weighted by molar-refractivity contribution is 7.86. The van der Waals surface area contributed by atoms with Crippen LogP contribution in [0.2, 0.25) is 0 Å². The van der Waals surface area contributed by atoms with Gasteiger partial charge in [-0.05, 0) is 19.1 Å². The van der Waals surface area contributed by atoms with E-state index in [1.165, 1.54) is 18.5 Å². The summed E-state index contributed by atoms with van der Waals surface area (Å²) in [6, 6.07) is 6.47. The molecular weight excluding hydrogens is 254 g/mol. The van der Waals surface area contributed by atoms with Crippen LogP contribution in [0.3, 0.4) is 0 Å². The molecule has 0 spiro atoms. The maximum absolute atomic E-state index is 11.9. The molecule has 0 radical (unpaired) electrons. The van der Waals surface area contributed by atoms with Gasteiger partial charge in [-0.15, -0.1) is 10.2 Å². The van der Waals surface area contributed by atoms with Crippen LogP contribution in [0.1, 0.15) is 11.4 Å². The summed E-state index contributed by atoms with van der Waals surface area (Å²) in [5, 5.41) is 7.40. The van der Waals surface area contributed by atoms with Gasteiger partial charge in [0.05, 0.1) is 4.90 Å². The largest absolute Gasteiger partial charge is 0.319 e. The third-order valence-electron chi connectivity index (χ3n) is 2.46. The van der Waals surface area contributed by atoms with Crippen molar-refractivity contribution < 1.29 is 12.6 Å². The van der Waals surface area contributed by atoms with E-state index in [1.807, 2.05) is 6.92 Å². The first-order valence-corrected chi connectivity index (χ1v) is 6.69. The maximum atomic E-state index is 11.9. The van der Waals surface area contributed by atoms with E-state index in [1.54, 1.807) is 23.7 Å². The summed E-state index contributed by atoms with van der Waals surface area (Å²) < 4.78 is 30.3. The van der Waals surface area contributed by atoms with E-state index in [0.717, 1.165) is 5.56 Å². The van der Waals surface area contributed by atoms with Crippen LogP contribution in [-0.4, -0.2) is 23.2 Å². The van der Waals surface area contributed by atoms with Gasteiger partial charge >= 0.3 is 0 Å². The second-order valence-electron chi connectivity index (χ2n) is 3.89. The molecule has 1 heterocycles. The highest BCUT2D eigenvalue weighted by Crippen LogP contribution is 2.14. The van der Waals surface area contributed by atoms with Crippen LogP contribution in [0.4, 0.5) is 0 Å². The fraction of sp³-hybridized carbons (Fsp3) is 0.273. The molecule has 0 saturated heterocycles. The van der Waals surface area contributed by atoms with E-state index < -0.39 is 10.1 Å². The van der Waals surface area contributed by atoms with Gasteiger partial charge in [0, 0.05) is 7.05 Å². The van der Waals surface area contributed by atoms with Crippen LogP contribution in [0.5, 0.6) is 0 Å². The average Bonchev–Trinajstić information content (AvgIpc) is 2.73. The topological polar surface area (TPSA) is 74.1 Å². The molecule has 6 nitrogen and oxygen atoms in total. The normalized spacial score (nSPS) is 11.7. The molecule has 0 unspecified atom stereocenters. The molecule has 0 bridgehead atoms. The molecule has 7 heteroatoms. The van der Waals surface area contributed by atoms with Crippen LogP contribution >= 0.6 is 0 Å². The Balaban J connectivity index is 2.13. The molecule has 1 aromatic heterocycles. The number of aryl methyl sites for hydroxylation is 2. The summed E-state index contributed by atoms with van der Waals surface area (Å²) in [6.45, 7) is 1.75. The Kier molecular flexibility index (Phi) is 3.44. The van der Waals surface area contributed by atoms with Crippen LogP contribution in [0.15, 0.2) is 35.5 Å². The maximum Gasteiger partial charge on any atom is 0.297 e. The molecule has 18 heavy (non-hydrogen) atoms.